The first-order chi connectivity index (χ1) is 5.43. The molecule has 0 bridgehead atoms. The Morgan fingerprint density at radius 1 is 1.00 bits per heavy atom. The van der Waals surface area contributed by atoms with E-state index in [2.05, 4.69) is 0 Å². The molecule has 0 radical (unpaired) electrons. The Morgan fingerprint density at radius 2 is 1.73 bits per heavy atom. The predicted molar refractivity (Wildman–Crippen MR) is 49.5 cm³/mol. The van der Waals surface area contributed by atoms with Crippen molar-refractivity contribution >= 4 is 0 Å². The molecular weight excluding hydrogens is 134 g/mol. The van der Waals surface area contributed by atoms with Crippen molar-refractivity contribution in [1.29, 1.82) is 0 Å². The lowest BCUT2D eigenvalue weighted by atomic mass is 9.82. The Bertz CT molecular complexity index is 86.9. The van der Waals surface area contributed by atoms with Gasteiger partial charge in [-0.05, 0) is 18.9 Å². The summed E-state index contributed by atoms with van der Waals surface area (Å²) in [5, 5.41) is 0. The summed E-state index contributed by atoms with van der Waals surface area (Å²) in [6, 6.07) is 0. The average molecular weight is 155 g/mol. The zero-order valence-corrected chi connectivity index (χ0v) is 7.52. The van der Waals surface area contributed by atoms with Crippen molar-refractivity contribution in [2.24, 2.45) is 11.7 Å². The summed E-state index contributed by atoms with van der Waals surface area (Å²) in [4.78, 5) is 0. The first-order valence-corrected chi connectivity index (χ1v) is 5.13. The van der Waals surface area contributed by atoms with Crippen LogP contribution in [0, 0.1) is 5.92 Å². The molecule has 0 aromatic carbocycles. The third-order valence-electron chi connectivity index (χ3n) is 2.79. The molecule has 1 aliphatic rings. The molecule has 11 heavy (non-hydrogen) atoms. The van der Waals surface area contributed by atoms with Gasteiger partial charge >= 0.3 is 0 Å². The van der Waals surface area contributed by atoms with Crippen molar-refractivity contribution in [3.05, 3.63) is 0 Å². The average Bonchev–Trinajstić information content (AvgIpc) is 1.93. The SMILES string of the molecule is NCCCCCCC1CCC1. The topological polar surface area (TPSA) is 26.0 Å². The first kappa shape index (κ1) is 9.05. The van der Waals surface area contributed by atoms with Gasteiger partial charge in [-0.3, -0.25) is 0 Å². The zero-order valence-electron chi connectivity index (χ0n) is 7.52. The van der Waals surface area contributed by atoms with Gasteiger partial charge in [-0.25, -0.2) is 0 Å². The van der Waals surface area contributed by atoms with Crippen molar-refractivity contribution in [3.8, 4) is 0 Å². The third-order valence-corrected chi connectivity index (χ3v) is 2.79. The highest BCUT2D eigenvalue weighted by Crippen LogP contribution is 2.30. The van der Waals surface area contributed by atoms with Gasteiger partial charge in [-0.15, -0.1) is 0 Å². The van der Waals surface area contributed by atoms with Gasteiger partial charge in [0.2, 0.25) is 0 Å². The van der Waals surface area contributed by atoms with Crippen LogP contribution in [-0.2, 0) is 0 Å². The van der Waals surface area contributed by atoms with Gasteiger partial charge < -0.3 is 5.73 Å². The maximum atomic E-state index is 5.41. The molecule has 0 atom stereocenters. The first-order valence-electron chi connectivity index (χ1n) is 5.13. The Balaban J connectivity index is 1.73. The Morgan fingerprint density at radius 3 is 2.27 bits per heavy atom. The minimum Gasteiger partial charge on any atom is -0.330 e. The van der Waals surface area contributed by atoms with E-state index in [4.69, 9.17) is 5.73 Å². The molecule has 1 nitrogen and oxygen atoms in total. The standard InChI is InChI=1S/C10H21N/c11-9-4-2-1-3-6-10-7-5-8-10/h10H,1-9,11H2. The highest BCUT2D eigenvalue weighted by molar-refractivity contribution is 4.68. The molecule has 2 N–H and O–H groups in total. The molecule has 0 saturated heterocycles. The molecule has 1 fully saturated rings. The lowest BCUT2D eigenvalue weighted by Crippen LogP contribution is -2.10. The predicted octanol–water partition coefficient (Wildman–Crippen LogP) is 2.70. The molecule has 0 aromatic rings. The lowest BCUT2D eigenvalue weighted by Gasteiger charge is -2.24. The minimum absolute atomic E-state index is 0.878. The molecule has 1 aliphatic carbocycles. The summed E-state index contributed by atoms with van der Waals surface area (Å²) in [6.45, 7) is 0.878. The van der Waals surface area contributed by atoms with Crippen LogP contribution in [-0.4, -0.2) is 6.54 Å². The zero-order chi connectivity index (χ0) is 7.94. The smallest absolute Gasteiger partial charge is 0.00773 e. The van der Waals surface area contributed by atoms with Crippen LogP contribution < -0.4 is 5.73 Å². The van der Waals surface area contributed by atoms with E-state index >= 15 is 0 Å². The summed E-state index contributed by atoms with van der Waals surface area (Å²) in [7, 11) is 0. The fourth-order valence-corrected chi connectivity index (χ4v) is 1.71. The van der Waals surface area contributed by atoms with Gasteiger partial charge in [0, 0.05) is 0 Å². The maximum absolute atomic E-state index is 5.41. The maximum Gasteiger partial charge on any atom is -0.00773 e. The van der Waals surface area contributed by atoms with Gasteiger partial charge in [0.1, 0.15) is 0 Å². The van der Waals surface area contributed by atoms with Crippen molar-refractivity contribution in [3.63, 3.8) is 0 Å². The highest BCUT2D eigenvalue weighted by Gasteiger charge is 2.15. The Kier molecular flexibility index (Phi) is 4.60. The van der Waals surface area contributed by atoms with Crippen LogP contribution in [0.1, 0.15) is 51.4 Å². The Labute approximate surface area is 70.4 Å². The lowest BCUT2D eigenvalue weighted by molar-refractivity contribution is 0.286. The highest BCUT2D eigenvalue weighted by atomic mass is 14.5. The minimum atomic E-state index is 0.878. The van der Waals surface area contributed by atoms with Crippen LogP contribution >= 0.6 is 0 Å². The third kappa shape index (κ3) is 3.76. The number of hydrogen-bond donors (Lipinski definition) is 1. The van der Waals surface area contributed by atoms with Crippen molar-refractivity contribution in [1.82, 2.24) is 0 Å². The second-order valence-corrected chi connectivity index (χ2v) is 3.79. The summed E-state index contributed by atoms with van der Waals surface area (Å²) >= 11 is 0. The van der Waals surface area contributed by atoms with E-state index in [-0.39, 0.29) is 0 Å². The van der Waals surface area contributed by atoms with Crippen molar-refractivity contribution in [2.45, 2.75) is 51.4 Å². The fourth-order valence-electron chi connectivity index (χ4n) is 1.71. The van der Waals surface area contributed by atoms with E-state index in [0.29, 0.717) is 0 Å². The molecule has 0 aromatic heterocycles. The van der Waals surface area contributed by atoms with Gasteiger partial charge in [-0.2, -0.15) is 0 Å². The van der Waals surface area contributed by atoms with E-state index in [9.17, 15) is 0 Å². The van der Waals surface area contributed by atoms with Crippen LogP contribution in [0.25, 0.3) is 0 Å². The van der Waals surface area contributed by atoms with E-state index in [1.165, 1.54) is 51.4 Å². The van der Waals surface area contributed by atoms with Crippen LogP contribution in [0.15, 0.2) is 0 Å². The van der Waals surface area contributed by atoms with E-state index < -0.39 is 0 Å². The largest absolute Gasteiger partial charge is 0.330 e. The van der Waals surface area contributed by atoms with E-state index in [1.54, 1.807) is 0 Å². The van der Waals surface area contributed by atoms with Crippen LogP contribution in [0.3, 0.4) is 0 Å². The Hall–Kier alpha value is -0.0400. The molecule has 0 heterocycles. The van der Waals surface area contributed by atoms with Gasteiger partial charge in [0.15, 0.2) is 0 Å². The monoisotopic (exact) mass is 155 g/mol. The quantitative estimate of drug-likeness (QED) is 0.586. The van der Waals surface area contributed by atoms with Crippen LogP contribution in [0.5, 0.6) is 0 Å². The summed E-state index contributed by atoms with van der Waals surface area (Å²) in [5.74, 6) is 1.10. The van der Waals surface area contributed by atoms with Crippen molar-refractivity contribution < 1.29 is 0 Å². The summed E-state index contributed by atoms with van der Waals surface area (Å²) in [6.07, 6.45) is 11.4. The van der Waals surface area contributed by atoms with Gasteiger partial charge in [0.05, 0.1) is 0 Å². The number of rotatable bonds is 6. The number of hydrogen-bond acceptors (Lipinski definition) is 1. The molecule has 0 amide bonds. The molecule has 0 aliphatic heterocycles. The summed E-state index contributed by atoms with van der Waals surface area (Å²) < 4.78 is 0. The molecule has 1 heteroatoms. The molecular formula is C10H21N. The van der Waals surface area contributed by atoms with Crippen LogP contribution in [0.2, 0.25) is 0 Å². The number of unbranched alkanes of at least 4 members (excludes halogenated alkanes) is 3. The summed E-state index contributed by atoms with van der Waals surface area (Å²) in [5.41, 5.74) is 5.41. The fraction of sp³-hybridized carbons (Fsp3) is 1.00. The normalized spacial score (nSPS) is 18.3. The van der Waals surface area contributed by atoms with Gasteiger partial charge in [0.25, 0.3) is 0 Å². The molecule has 0 spiro atoms. The van der Waals surface area contributed by atoms with E-state index in [0.717, 1.165) is 12.5 Å². The second kappa shape index (κ2) is 5.59. The van der Waals surface area contributed by atoms with Crippen LogP contribution in [0.4, 0.5) is 0 Å². The van der Waals surface area contributed by atoms with E-state index in [1.807, 2.05) is 0 Å². The molecule has 1 saturated carbocycles. The molecule has 1 rings (SSSR count). The van der Waals surface area contributed by atoms with Crippen molar-refractivity contribution in [2.75, 3.05) is 6.54 Å². The number of nitrogens with two attached hydrogens (primary N) is 1. The van der Waals surface area contributed by atoms with Gasteiger partial charge in [-0.1, -0.05) is 44.9 Å². The molecule has 66 valence electrons. The molecule has 0 unspecified atom stereocenters. The second-order valence-electron chi connectivity index (χ2n) is 3.79.